The zero-order valence-electron chi connectivity index (χ0n) is 12.6. The van der Waals surface area contributed by atoms with Gasteiger partial charge in [-0.05, 0) is 58.3 Å². The Labute approximate surface area is 117 Å². The van der Waals surface area contributed by atoms with Crippen molar-refractivity contribution in [3.8, 4) is 0 Å². The molecule has 1 aliphatic rings. The highest BCUT2D eigenvalue weighted by Gasteiger charge is 2.13. The molecular formula is C16H27N3. The molecule has 2 heterocycles. The Bertz CT molecular complexity index is 397. The molecular weight excluding hydrogens is 234 g/mol. The van der Waals surface area contributed by atoms with Crippen LogP contribution in [-0.4, -0.2) is 35.6 Å². The molecule has 0 radical (unpaired) electrons. The number of rotatable bonds is 5. The first-order chi connectivity index (χ1) is 9.15. The maximum absolute atomic E-state index is 4.52. The molecule has 0 aromatic carbocycles. The van der Waals surface area contributed by atoms with E-state index in [0.717, 1.165) is 17.9 Å². The summed E-state index contributed by atoms with van der Waals surface area (Å²) in [6, 6.07) is 4.83. The number of piperidine rings is 1. The van der Waals surface area contributed by atoms with Gasteiger partial charge < -0.3 is 10.2 Å². The van der Waals surface area contributed by atoms with E-state index in [1.807, 2.05) is 6.92 Å². The molecule has 0 aliphatic carbocycles. The van der Waals surface area contributed by atoms with Gasteiger partial charge in [0.1, 0.15) is 0 Å². The van der Waals surface area contributed by atoms with Crippen LogP contribution in [0.5, 0.6) is 0 Å². The number of nitrogens with zero attached hydrogens (tertiary/aromatic N) is 2. The van der Waals surface area contributed by atoms with Gasteiger partial charge in [0.25, 0.3) is 0 Å². The Morgan fingerprint density at radius 1 is 1.21 bits per heavy atom. The van der Waals surface area contributed by atoms with Crippen molar-refractivity contribution in [3.63, 3.8) is 0 Å². The maximum Gasteiger partial charge on any atom is 0.0420 e. The van der Waals surface area contributed by atoms with E-state index in [9.17, 15) is 0 Å². The molecule has 0 spiro atoms. The molecule has 106 valence electrons. The van der Waals surface area contributed by atoms with Gasteiger partial charge in [0, 0.05) is 30.5 Å². The van der Waals surface area contributed by atoms with Crippen LogP contribution in [-0.2, 0) is 6.54 Å². The first kappa shape index (κ1) is 14.5. The molecule has 1 atom stereocenters. The minimum absolute atomic E-state index is 0.541. The first-order valence-corrected chi connectivity index (χ1v) is 7.54. The van der Waals surface area contributed by atoms with E-state index in [0.29, 0.717) is 6.04 Å². The zero-order chi connectivity index (χ0) is 13.7. The summed E-state index contributed by atoms with van der Waals surface area (Å²) in [5.74, 6) is 0. The summed E-state index contributed by atoms with van der Waals surface area (Å²) in [5, 5.41) is 3.62. The smallest absolute Gasteiger partial charge is 0.0420 e. The molecule has 1 aromatic heterocycles. The second-order valence-corrected chi connectivity index (χ2v) is 5.84. The maximum atomic E-state index is 4.52. The Kier molecular flexibility index (Phi) is 5.34. The fourth-order valence-electron chi connectivity index (χ4n) is 2.78. The van der Waals surface area contributed by atoms with Crippen molar-refractivity contribution in [2.75, 3.05) is 19.6 Å². The van der Waals surface area contributed by atoms with E-state index in [-0.39, 0.29) is 0 Å². The molecule has 3 heteroatoms. The molecule has 3 nitrogen and oxygen atoms in total. The topological polar surface area (TPSA) is 28.2 Å². The monoisotopic (exact) mass is 261 g/mol. The second kappa shape index (κ2) is 7.01. The highest BCUT2D eigenvalue weighted by Crippen LogP contribution is 2.10. The van der Waals surface area contributed by atoms with E-state index >= 15 is 0 Å². The molecule has 1 unspecified atom stereocenters. The Morgan fingerprint density at radius 2 is 1.95 bits per heavy atom. The number of aryl methyl sites for hydroxylation is 2. The predicted molar refractivity (Wildman–Crippen MR) is 80.3 cm³/mol. The molecule has 19 heavy (non-hydrogen) atoms. The lowest BCUT2D eigenvalue weighted by atomic mass is 10.1. The van der Waals surface area contributed by atoms with Gasteiger partial charge in [-0.25, -0.2) is 0 Å². The first-order valence-electron chi connectivity index (χ1n) is 7.54. The number of pyridine rings is 1. The molecule has 1 fully saturated rings. The highest BCUT2D eigenvalue weighted by atomic mass is 15.1. The quantitative estimate of drug-likeness (QED) is 0.883. The normalized spacial score (nSPS) is 18.5. The fourth-order valence-corrected chi connectivity index (χ4v) is 2.78. The summed E-state index contributed by atoms with van der Waals surface area (Å²) in [4.78, 5) is 7.10. The van der Waals surface area contributed by atoms with Crippen molar-refractivity contribution in [1.29, 1.82) is 0 Å². The van der Waals surface area contributed by atoms with Crippen molar-refractivity contribution in [2.45, 2.75) is 52.6 Å². The average molecular weight is 261 g/mol. The van der Waals surface area contributed by atoms with Crippen LogP contribution in [0.1, 0.15) is 43.1 Å². The number of aromatic nitrogens is 1. The van der Waals surface area contributed by atoms with E-state index in [2.05, 4.69) is 41.2 Å². The standard InChI is InChI=1S/C16H27N3/c1-13-7-8-16(15(3)18-13)11-17-14(2)12-19-9-5-4-6-10-19/h7-8,14,17H,4-6,9-12H2,1-3H3. The van der Waals surface area contributed by atoms with E-state index in [1.165, 1.54) is 44.5 Å². The highest BCUT2D eigenvalue weighted by molar-refractivity contribution is 5.21. The number of hydrogen-bond acceptors (Lipinski definition) is 3. The molecule has 0 saturated carbocycles. The summed E-state index contributed by atoms with van der Waals surface area (Å²) in [5.41, 5.74) is 3.57. The SMILES string of the molecule is Cc1ccc(CNC(C)CN2CCCCC2)c(C)n1. The number of nitrogens with one attached hydrogen (secondary N) is 1. The molecule has 0 amide bonds. The van der Waals surface area contributed by atoms with Gasteiger partial charge >= 0.3 is 0 Å². The number of likely N-dealkylation sites (tertiary alicyclic amines) is 1. The summed E-state index contributed by atoms with van der Waals surface area (Å²) >= 11 is 0. The molecule has 1 N–H and O–H groups in total. The van der Waals surface area contributed by atoms with E-state index < -0.39 is 0 Å². The molecule has 0 bridgehead atoms. The van der Waals surface area contributed by atoms with Gasteiger partial charge in [0.2, 0.25) is 0 Å². The van der Waals surface area contributed by atoms with Gasteiger partial charge in [-0.3, -0.25) is 4.98 Å². The molecule has 2 rings (SSSR count). The molecule has 1 aromatic rings. The third-order valence-electron chi connectivity index (χ3n) is 3.96. The third kappa shape index (κ3) is 4.59. The van der Waals surface area contributed by atoms with Gasteiger partial charge in [0.15, 0.2) is 0 Å². The minimum Gasteiger partial charge on any atom is -0.309 e. The summed E-state index contributed by atoms with van der Waals surface area (Å²) in [6.07, 6.45) is 4.15. The van der Waals surface area contributed by atoms with Crippen LogP contribution in [0, 0.1) is 13.8 Å². The van der Waals surface area contributed by atoms with Crippen LogP contribution in [0.3, 0.4) is 0 Å². The summed E-state index contributed by atoms with van der Waals surface area (Å²) in [7, 11) is 0. The van der Waals surface area contributed by atoms with E-state index in [1.54, 1.807) is 0 Å². The van der Waals surface area contributed by atoms with Crippen LogP contribution in [0.25, 0.3) is 0 Å². The van der Waals surface area contributed by atoms with Crippen molar-refractivity contribution in [3.05, 3.63) is 29.1 Å². The van der Waals surface area contributed by atoms with Gasteiger partial charge in [-0.2, -0.15) is 0 Å². The molecule has 1 saturated heterocycles. The molecule has 1 aliphatic heterocycles. The summed E-state index contributed by atoms with van der Waals surface area (Å²) in [6.45, 7) is 11.1. The number of hydrogen-bond donors (Lipinski definition) is 1. The van der Waals surface area contributed by atoms with E-state index in [4.69, 9.17) is 0 Å². The van der Waals surface area contributed by atoms with Crippen LogP contribution < -0.4 is 5.32 Å². The second-order valence-electron chi connectivity index (χ2n) is 5.84. The van der Waals surface area contributed by atoms with Crippen LogP contribution in [0.15, 0.2) is 12.1 Å². The predicted octanol–water partition coefficient (Wildman–Crippen LogP) is 2.66. The van der Waals surface area contributed by atoms with Crippen molar-refractivity contribution >= 4 is 0 Å². The summed E-state index contributed by atoms with van der Waals surface area (Å²) < 4.78 is 0. The fraction of sp³-hybridized carbons (Fsp3) is 0.688. The van der Waals surface area contributed by atoms with Crippen LogP contribution in [0.2, 0.25) is 0 Å². The van der Waals surface area contributed by atoms with Crippen molar-refractivity contribution in [2.24, 2.45) is 0 Å². The lowest BCUT2D eigenvalue weighted by Crippen LogP contribution is -2.41. The largest absolute Gasteiger partial charge is 0.309 e. The van der Waals surface area contributed by atoms with Crippen molar-refractivity contribution < 1.29 is 0 Å². The van der Waals surface area contributed by atoms with Crippen molar-refractivity contribution in [1.82, 2.24) is 15.2 Å². The van der Waals surface area contributed by atoms with Crippen LogP contribution >= 0.6 is 0 Å². The van der Waals surface area contributed by atoms with Crippen LogP contribution in [0.4, 0.5) is 0 Å². The minimum atomic E-state index is 0.541. The van der Waals surface area contributed by atoms with Gasteiger partial charge in [-0.15, -0.1) is 0 Å². The Balaban J connectivity index is 1.77. The van der Waals surface area contributed by atoms with Gasteiger partial charge in [0.05, 0.1) is 0 Å². The average Bonchev–Trinajstić information content (AvgIpc) is 2.39. The third-order valence-corrected chi connectivity index (χ3v) is 3.96. The lowest BCUT2D eigenvalue weighted by Gasteiger charge is -2.29. The Hall–Kier alpha value is -0.930. The lowest BCUT2D eigenvalue weighted by molar-refractivity contribution is 0.209. The van der Waals surface area contributed by atoms with Gasteiger partial charge in [-0.1, -0.05) is 12.5 Å². The Morgan fingerprint density at radius 3 is 2.63 bits per heavy atom. The zero-order valence-corrected chi connectivity index (χ0v) is 12.6.